The summed E-state index contributed by atoms with van der Waals surface area (Å²) in [4.78, 5) is 4.59. The quantitative estimate of drug-likeness (QED) is 0.851. The molecule has 0 atom stereocenters. The van der Waals surface area contributed by atoms with Crippen LogP contribution in [0.3, 0.4) is 0 Å². The summed E-state index contributed by atoms with van der Waals surface area (Å²) in [5.41, 5.74) is 2.03. The van der Waals surface area contributed by atoms with Gasteiger partial charge in [0.05, 0.1) is 6.61 Å². The lowest BCUT2D eigenvalue weighted by atomic mass is 10.1. The average Bonchev–Trinajstić information content (AvgIpc) is 2.30. The highest BCUT2D eigenvalue weighted by molar-refractivity contribution is 6.30. The molecule has 88 valence electrons. The van der Waals surface area contributed by atoms with Crippen molar-refractivity contribution >= 4 is 17.3 Å². The van der Waals surface area contributed by atoms with E-state index in [1.165, 1.54) is 0 Å². The first kappa shape index (κ1) is 11.7. The fraction of sp³-hybridized carbons (Fsp3) is 0.500. The molecule has 0 amide bonds. The molecule has 0 bridgehead atoms. The number of likely N-dealkylation sites (N-methyl/N-ethyl adjacent to an activating group) is 1. The maximum absolute atomic E-state index is 9.31. The van der Waals surface area contributed by atoms with Crippen LogP contribution in [0.1, 0.15) is 5.56 Å². The van der Waals surface area contributed by atoms with Gasteiger partial charge in [0.25, 0.3) is 0 Å². The maximum Gasteiger partial charge on any atom is 0.0702 e. The molecule has 1 aliphatic rings. The summed E-state index contributed by atoms with van der Waals surface area (Å²) in [7, 11) is 2.13. The second-order valence-electron chi connectivity index (χ2n) is 4.22. The van der Waals surface area contributed by atoms with Gasteiger partial charge in [-0.2, -0.15) is 0 Å². The van der Waals surface area contributed by atoms with Crippen LogP contribution in [-0.4, -0.2) is 43.2 Å². The number of aliphatic hydroxyl groups excluding tert-OH is 1. The predicted molar refractivity (Wildman–Crippen MR) is 67.1 cm³/mol. The molecule has 1 fully saturated rings. The number of benzene rings is 1. The summed E-state index contributed by atoms with van der Waals surface area (Å²) in [5, 5.41) is 10.0. The Morgan fingerprint density at radius 3 is 2.56 bits per heavy atom. The van der Waals surface area contributed by atoms with Crippen molar-refractivity contribution in [3.05, 3.63) is 28.8 Å². The molecule has 1 saturated heterocycles. The third kappa shape index (κ3) is 2.48. The lowest BCUT2D eigenvalue weighted by molar-refractivity contribution is 0.280. The highest BCUT2D eigenvalue weighted by atomic mass is 35.5. The van der Waals surface area contributed by atoms with Gasteiger partial charge in [0, 0.05) is 42.5 Å². The van der Waals surface area contributed by atoms with Gasteiger partial charge in [0.1, 0.15) is 0 Å². The first-order chi connectivity index (χ1) is 7.70. The molecule has 1 N–H and O–H groups in total. The first-order valence-corrected chi connectivity index (χ1v) is 5.91. The molecular formula is C12H17ClN2O. The number of anilines is 1. The van der Waals surface area contributed by atoms with Gasteiger partial charge in [-0.15, -0.1) is 0 Å². The highest BCUT2D eigenvalue weighted by Crippen LogP contribution is 2.25. The minimum Gasteiger partial charge on any atom is -0.392 e. The van der Waals surface area contributed by atoms with E-state index in [4.69, 9.17) is 11.6 Å². The molecule has 16 heavy (non-hydrogen) atoms. The van der Waals surface area contributed by atoms with Crippen molar-refractivity contribution in [2.24, 2.45) is 0 Å². The van der Waals surface area contributed by atoms with Gasteiger partial charge in [0.15, 0.2) is 0 Å². The fourth-order valence-electron chi connectivity index (χ4n) is 2.01. The van der Waals surface area contributed by atoms with Crippen molar-refractivity contribution in [2.45, 2.75) is 6.61 Å². The molecule has 0 saturated carbocycles. The molecule has 0 unspecified atom stereocenters. The van der Waals surface area contributed by atoms with E-state index in [1.807, 2.05) is 18.2 Å². The summed E-state index contributed by atoms with van der Waals surface area (Å²) in [6, 6.07) is 5.67. The number of piperazine rings is 1. The lowest BCUT2D eigenvalue weighted by Gasteiger charge is -2.35. The van der Waals surface area contributed by atoms with Crippen molar-refractivity contribution in [1.29, 1.82) is 0 Å². The Kier molecular flexibility index (Phi) is 3.69. The van der Waals surface area contributed by atoms with Gasteiger partial charge in [0.2, 0.25) is 0 Å². The molecule has 1 aromatic carbocycles. The third-order valence-corrected chi connectivity index (χ3v) is 3.30. The van der Waals surface area contributed by atoms with E-state index in [0.29, 0.717) is 0 Å². The van der Waals surface area contributed by atoms with Crippen molar-refractivity contribution in [3.8, 4) is 0 Å². The van der Waals surface area contributed by atoms with Gasteiger partial charge in [-0.3, -0.25) is 0 Å². The maximum atomic E-state index is 9.31. The molecule has 0 spiro atoms. The largest absolute Gasteiger partial charge is 0.392 e. The van der Waals surface area contributed by atoms with E-state index in [1.54, 1.807) is 0 Å². The van der Waals surface area contributed by atoms with Gasteiger partial charge >= 0.3 is 0 Å². The summed E-state index contributed by atoms with van der Waals surface area (Å²) in [6.07, 6.45) is 0. The molecule has 0 radical (unpaired) electrons. The van der Waals surface area contributed by atoms with E-state index in [0.717, 1.165) is 42.5 Å². The van der Waals surface area contributed by atoms with Gasteiger partial charge in [-0.05, 0) is 19.2 Å². The molecule has 1 heterocycles. The average molecular weight is 241 g/mol. The zero-order chi connectivity index (χ0) is 11.5. The fourth-order valence-corrected chi connectivity index (χ4v) is 2.18. The van der Waals surface area contributed by atoms with Gasteiger partial charge < -0.3 is 14.9 Å². The number of halogens is 1. The van der Waals surface area contributed by atoms with Gasteiger partial charge in [-0.1, -0.05) is 17.7 Å². The smallest absolute Gasteiger partial charge is 0.0702 e. The minimum absolute atomic E-state index is 0.0683. The minimum atomic E-state index is 0.0683. The third-order valence-electron chi connectivity index (χ3n) is 3.06. The number of nitrogens with zero attached hydrogens (tertiary/aromatic N) is 2. The molecule has 3 nitrogen and oxygen atoms in total. The Morgan fingerprint density at radius 1 is 1.25 bits per heavy atom. The molecule has 4 heteroatoms. The topological polar surface area (TPSA) is 26.7 Å². The van der Waals surface area contributed by atoms with E-state index >= 15 is 0 Å². The number of hydrogen-bond donors (Lipinski definition) is 1. The second-order valence-corrected chi connectivity index (χ2v) is 4.66. The van der Waals surface area contributed by atoms with Gasteiger partial charge in [-0.25, -0.2) is 0 Å². The summed E-state index contributed by atoms with van der Waals surface area (Å²) < 4.78 is 0. The van der Waals surface area contributed by atoms with Crippen molar-refractivity contribution in [2.75, 3.05) is 38.1 Å². The Morgan fingerprint density at radius 2 is 1.94 bits per heavy atom. The van der Waals surface area contributed by atoms with Crippen molar-refractivity contribution < 1.29 is 5.11 Å². The molecule has 2 rings (SSSR count). The van der Waals surface area contributed by atoms with Crippen LogP contribution in [0, 0.1) is 0 Å². The van der Waals surface area contributed by atoms with Crippen LogP contribution in [0.25, 0.3) is 0 Å². The first-order valence-electron chi connectivity index (χ1n) is 5.53. The van der Waals surface area contributed by atoms with Crippen LogP contribution in [0.5, 0.6) is 0 Å². The Labute approximate surface area is 101 Å². The molecule has 1 aromatic rings. The van der Waals surface area contributed by atoms with Crippen LogP contribution in [0.4, 0.5) is 5.69 Å². The number of hydrogen-bond acceptors (Lipinski definition) is 3. The van der Waals surface area contributed by atoms with Crippen LogP contribution < -0.4 is 4.90 Å². The van der Waals surface area contributed by atoms with Crippen LogP contribution >= 0.6 is 11.6 Å². The SMILES string of the molecule is CN1CCN(c2cc(Cl)ccc2CO)CC1. The zero-order valence-corrected chi connectivity index (χ0v) is 10.2. The normalized spacial score (nSPS) is 17.8. The van der Waals surface area contributed by atoms with E-state index in [-0.39, 0.29) is 6.61 Å². The Balaban J connectivity index is 2.21. The number of aliphatic hydroxyl groups is 1. The molecule has 1 aliphatic heterocycles. The van der Waals surface area contributed by atoms with E-state index in [9.17, 15) is 5.11 Å². The molecule has 0 aliphatic carbocycles. The zero-order valence-electron chi connectivity index (χ0n) is 9.49. The van der Waals surface area contributed by atoms with E-state index in [2.05, 4.69) is 16.8 Å². The second kappa shape index (κ2) is 5.04. The van der Waals surface area contributed by atoms with Crippen molar-refractivity contribution in [1.82, 2.24) is 4.90 Å². The summed E-state index contributed by atoms with van der Waals surface area (Å²) in [5.74, 6) is 0. The summed E-state index contributed by atoms with van der Waals surface area (Å²) >= 11 is 6.00. The lowest BCUT2D eigenvalue weighted by Crippen LogP contribution is -2.44. The van der Waals surface area contributed by atoms with Crippen LogP contribution in [0.2, 0.25) is 5.02 Å². The van der Waals surface area contributed by atoms with Crippen LogP contribution in [-0.2, 0) is 6.61 Å². The van der Waals surface area contributed by atoms with Crippen molar-refractivity contribution in [3.63, 3.8) is 0 Å². The highest BCUT2D eigenvalue weighted by Gasteiger charge is 2.16. The predicted octanol–water partition coefficient (Wildman–Crippen LogP) is 1.58. The summed E-state index contributed by atoms with van der Waals surface area (Å²) in [6.45, 7) is 4.15. The standard InChI is InChI=1S/C12H17ClN2O/c1-14-4-6-15(7-5-14)12-8-11(13)3-2-10(12)9-16/h2-3,8,16H,4-7,9H2,1H3. The number of rotatable bonds is 2. The molecule has 0 aromatic heterocycles. The van der Waals surface area contributed by atoms with Crippen LogP contribution in [0.15, 0.2) is 18.2 Å². The Bertz CT molecular complexity index is 362. The van der Waals surface area contributed by atoms with E-state index < -0.39 is 0 Å². The monoisotopic (exact) mass is 240 g/mol. The Hall–Kier alpha value is -0.770. The molecular weight excluding hydrogens is 224 g/mol.